The van der Waals surface area contributed by atoms with Gasteiger partial charge in [-0.25, -0.2) is 5.48 Å². The first-order valence-electron chi connectivity index (χ1n) is 5.00. The summed E-state index contributed by atoms with van der Waals surface area (Å²) in [5.41, 5.74) is 3.94. The lowest BCUT2D eigenvalue weighted by Crippen LogP contribution is -2.18. The standard InChI is InChI=1S/C11H18NO2P/c1-15(2,13)9-8-12-14-10-11-6-4-3-5-7-11/h3-7,12H,8-10H2,1-2H3. The van der Waals surface area contributed by atoms with Gasteiger partial charge in [0.1, 0.15) is 0 Å². The molecule has 0 unspecified atom stereocenters. The van der Waals surface area contributed by atoms with Crippen LogP contribution in [0.25, 0.3) is 0 Å². The average molecular weight is 227 g/mol. The Morgan fingerprint density at radius 1 is 1.27 bits per heavy atom. The second-order valence-corrected chi connectivity index (χ2v) is 7.56. The molecule has 0 aromatic heterocycles. The van der Waals surface area contributed by atoms with Crippen LogP contribution in [-0.4, -0.2) is 26.0 Å². The van der Waals surface area contributed by atoms with Crippen LogP contribution in [0, 0.1) is 0 Å². The van der Waals surface area contributed by atoms with Crippen LogP contribution in [0.5, 0.6) is 0 Å². The van der Waals surface area contributed by atoms with Gasteiger partial charge in [-0.2, -0.15) is 0 Å². The smallest absolute Gasteiger partial charge is 0.0933 e. The zero-order chi connectivity index (χ0) is 11.1. The molecule has 84 valence electrons. The molecule has 0 atom stereocenters. The van der Waals surface area contributed by atoms with E-state index in [1.165, 1.54) is 0 Å². The third-order valence-electron chi connectivity index (χ3n) is 1.94. The van der Waals surface area contributed by atoms with Gasteiger partial charge in [0.15, 0.2) is 0 Å². The van der Waals surface area contributed by atoms with Gasteiger partial charge in [0.25, 0.3) is 0 Å². The molecule has 0 spiro atoms. The summed E-state index contributed by atoms with van der Waals surface area (Å²) in [6.07, 6.45) is 0.668. The minimum Gasteiger partial charge on any atom is -0.324 e. The Balaban J connectivity index is 2.10. The molecule has 0 radical (unpaired) electrons. The summed E-state index contributed by atoms with van der Waals surface area (Å²) < 4.78 is 11.4. The molecule has 0 aliphatic heterocycles. The summed E-state index contributed by atoms with van der Waals surface area (Å²) in [5, 5.41) is 0. The zero-order valence-corrected chi connectivity index (χ0v) is 10.2. The molecule has 0 bridgehead atoms. The summed E-state index contributed by atoms with van der Waals surface area (Å²) in [6.45, 7) is 4.74. The van der Waals surface area contributed by atoms with Crippen molar-refractivity contribution in [3.8, 4) is 0 Å². The van der Waals surface area contributed by atoms with Crippen LogP contribution in [-0.2, 0) is 16.0 Å². The second kappa shape index (κ2) is 6.06. The maximum atomic E-state index is 11.4. The van der Waals surface area contributed by atoms with Crippen molar-refractivity contribution < 1.29 is 9.40 Å². The van der Waals surface area contributed by atoms with Crippen molar-refractivity contribution in [3.63, 3.8) is 0 Å². The molecule has 0 saturated heterocycles. The fourth-order valence-corrected chi connectivity index (χ4v) is 1.73. The molecular formula is C11H18NO2P. The highest BCUT2D eigenvalue weighted by Gasteiger charge is 2.05. The van der Waals surface area contributed by atoms with Gasteiger partial charge in [-0.3, -0.25) is 4.84 Å². The van der Waals surface area contributed by atoms with Gasteiger partial charge in [0.05, 0.1) is 13.7 Å². The summed E-state index contributed by atoms with van der Waals surface area (Å²) in [4.78, 5) is 5.24. The van der Waals surface area contributed by atoms with Crippen molar-refractivity contribution in [1.29, 1.82) is 0 Å². The Kier molecular flexibility index (Phi) is 5.03. The highest BCUT2D eigenvalue weighted by Crippen LogP contribution is 2.34. The van der Waals surface area contributed by atoms with E-state index >= 15 is 0 Å². The molecule has 1 aromatic rings. The van der Waals surface area contributed by atoms with Crippen LogP contribution in [0.4, 0.5) is 0 Å². The molecule has 1 rings (SSSR count). The van der Waals surface area contributed by atoms with Crippen LogP contribution < -0.4 is 5.48 Å². The van der Waals surface area contributed by atoms with Gasteiger partial charge < -0.3 is 4.57 Å². The SMILES string of the molecule is CP(C)(=O)CCNOCc1ccccc1. The normalized spacial score (nSPS) is 11.6. The zero-order valence-electron chi connectivity index (χ0n) is 9.27. The molecule has 0 fully saturated rings. The number of rotatable bonds is 6. The van der Waals surface area contributed by atoms with Crippen LogP contribution in [0.15, 0.2) is 30.3 Å². The molecule has 0 aliphatic rings. The Hall–Kier alpha value is -0.630. The lowest BCUT2D eigenvalue weighted by Gasteiger charge is -2.08. The van der Waals surface area contributed by atoms with Crippen molar-refractivity contribution in [2.75, 3.05) is 26.0 Å². The maximum Gasteiger partial charge on any atom is 0.0933 e. The molecule has 0 heterocycles. The molecule has 1 N–H and O–H groups in total. The van der Waals surface area contributed by atoms with Crippen molar-refractivity contribution in [2.24, 2.45) is 0 Å². The molecule has 0 aliphatic carbocycles. The number of benzene rings is 1. The topological polar surface area (TPSA) is 38.3 Å². The van der Waals surface area contributed by atoms with E-state index in [2.05, 4.69) is 5.48 Å². The first-order chi connectivity index (χ1) is 7.08. The minimum atomic E-state index is -1.92. The van der Waals surface area contributed by atoms with E-state index in [1.54, 1.807) is 13.3 Å². The van der Waals surface area contributed by atoms with E-state index in [9.17, 15) is 4.57 Å². The molecule has 15 heavy (non-hydrogen) atoms. The number of hydroxylamine groups is 1. The molecule has 4 heteroatoms. The molecule has 0 saturated carbocycles. The summed E-state index contributed by atoms with van der Waals surface area (Å²) in [7, 11) is -1.92. The lowest BCUT2D eigenvalue weighted by atomic mass is 10.2. The van der Waals surface area contributed by atoms with Crippen LogP contribution in [0.3, 0.4) is 0 Å². The van der Waals surface area contributed by atoms with Crippen molar-refractivity contribution in [3.05, 3.63) is 35.9 Å². The third-order valence-corrected chi connectivity index (χ3v) is 3.24. The van der Waals surface area contributed by atoms with Gasteiger partial charge in [-0.15, -0.1) is 0 Å². The first kappa shape index (κ1) is 12.4. The number of hydrogen-bond donors (Lipinski definition) is 1. The summed E-state index contributed by atoms with van der Waals surface area (Å²) >= 11 is 0. The van der Waals surface area contributed by atoms with Gasteiger partial charge in [0, 0.05) is 12.7 Å². The Bertz CT molecular complexity index is 321. The quantitative estimate of drug-likeness (QED) is 0.460. The maximum absolute atomic E-state index is 11.4. The fraction of sp³-hybridized carbons (Fsp3) is 0.455. The van der Waals surface area contributed by atoms with Crippen LogP contribution in [0.1, 0.15) is 5.56 Å². The van der Waals surface area contributed by atoms with E-state index in [1.807, 2.05) is 30.3 Å². The van der Waals surface area contributed by atoms with E-state index < -0.39 is 7.14 Å². The lowest BCUT2D eigenvalue weighted by molar-refractivity contribution is 0.0318. The Morgan fingerprint density at radius 2 is 1.93 bits per heavy atom. The Labute approximate surface area is 91.2 Å². The highest BCUT2D eigenvalue weighted by atomic mass is 31.2. The monoisotopic (exact) mass is 227 g/mol. The van der Waals surface area contributed by atoms with Gasteiger partial charge in [0.2, 0.25) is 0 Å². The van der Waals surface area contributed by atoms with Crippen LogP contribution in [0.2, 0.25) is 0 Å². The predicted octanol–water partition coefficient (Wildman–Crippen LogP) is 2.33. The van der Waals surface area contributed by atoms with Crippen molar-refractivity contribution in [2.45, 2.75) is 6.61 Å². The van der Waals surface area contributed by atoms with Crippen LogP contribution >= 0.6 is 7.14 Å². The minimum absolute atomic E-state index is 0.540. The third kappa shape index (κ3) is 6.45. The summed E-state index contributed by atoms with van der Waals surface area (Å²) in [5.74, 6) is 0. The number of nitrogens with one attached hydrogen (secondary N) is 1. The number of hydrogen-bond acceptors (Lipinski definition) is 3. The van der Waals surface area contributed by atoms with Crippen molar-refractivity contribution in [1.82, 2.24) is 5.48 Å². The molecule has 0 amide bonds. The van der Waals surface area contributed by atoms with Crippen molar-refractivity contribution >= 4 is 7.14 Å². The van der Waals surface area contributed by atoms with Gasteiger partial charge >= 0.3 is 0 Å². The van der Waals surface area contributed by atoms with Gasteiger partial charge in [-0.05, 0) is 18.9 Å². The Morgan fingerprint density at radius 3 is 2.53 bits per heavy atom. The predicted molar refractivity (Wildman–Crippen MR) is 63.6 cm³/mol. The largest absolute Gasteiger partial charge is 0.324 e. The average Bonchev–Trinajstić information content (AvgIpc) is 2.17. The first-order valence-corrected chi connectivity index (χ1v) is 7.79. The molecular weight excluding hydrogens is 209 g/mol. The van der Waals surface area contributed by atoms with Gasteiger partial charge in [-0.1, -0.05) is 30.3 Å². The molecule has 3 nitrogen and oxygen atoms in total. The van der Waals surface area contributed by atoms with E-state index in [4.69, 9.17) is 4.84 Å². The molecule has 1 aromatic carbocycles. The highest BCUT2D eigenvalue weighted by molar-refractivity contribution is 7.62. The van der Waals surface area contributed by atoms with E-state index in [0.29, 0.717) is 19.3 Å². The summed E-state index contributed by atoms with van der Waals surface area (Å²) in [6, 6.07) is 9.94. The second-order valence-electron chi connectivity index (χ2n) is 3.97. The van der Waals surface area contributed by atoms with E-state index in [-0.39, 0.29) is 0 Å². The van der Waals surface area contributed by atoms with E-state index in [0.717, 1.165) is 5.56 Å². The fourth-order valence-electron chi connectivity index (χ4n) is 1.10.